The van der Waals surface area contributed by atoms with E-state index in [2.05, 4.69) is 12.2 Å². The molecule has 1 fully saturated rings. The van der Waals surface area contributed by atoms with Gasteiger partial charge in [0.15, 0.2) is 11.6 Å². The zero-order chi connectivity index (χ0) is 12.5. The number of halogens is 2. The Kier molecular flexibility index (Phi) is 3.45. The standard InChI is InChI=1S/C13H17F2NO/c1-9(16-6-13(2)7-17-8-13)10-3-4-11(14)12(15)5-10/h3-5,9,16H,6-8H2,1-2H3. The molecule has 0 spiro atoms. The first-order valence-electron chi connectivity index (χ1n) is 5.76. The highest BCUT2D eigenvalue weighted by molar-refractivity contribution is 5.20. The van der Waals surface area contributed by atoms with E-state index < -0.39 is 11.6 Å². The molecule has 1 aliphatic heterocycles. The lowest BCUT2D eigenvalue weighted by molar-refractivity contribution is -0.0999. The number of benzene rings is 1. The van der Waals surface area contributed by atoms with Crippen molar-refractivity contribution in [1.29, 1.82) is 0 Å². The Balaban J connectivity index is 1.94. The lowest BCUT2D eigenvalue weighted by Gasteiger charge is -2.39. The summed E-state index contributed by atoms with van der Waals surface area (Å²) in [5.74, 6) is -1.60. The second-order valence-electron chi connectivity index (χ2n) is 5.08. The summed E-state index contributed by atoms with van der Waals surface area (Å²) < 4.78 is 31.0. The molecule has 1 heterocycles. The topological polar surface area (TPSA) is 21.3 Å². The molecule has 4 heteroatoms. The summed E-state index contributed by atoms with van der Waals surface area (Å²) in [5.41, 5.74) is 0.931. The van der Waals surface area contributed by atoms with Crippen molar-refractivity contribution in [2.24, 2.45) is 5.41 Å². The van der Waals surface area contributed by atoms with E-state index in [0.717, 1.165) is 31.4 Å². The van der Waals surface area contributed by atoms with Gasteiger partial charge in [-0.3, -0.25) is 0 Å². The molecule has 1 aromatic rings. The zero-order valence-corrected chi connectivity index (χ0v) is 10.1. The van der Waals surface area contributed by atoms with Crippen molar-refractivity contribution in [1.82, 2.24) is 5.32 Å². The van der Waals surface area contributed by atoms with Crippen LogP contribution >= 0.6 is 0 Å². The average molecular weight is 241 g/mol. The van der Waals surface area contributed by atoms with E-state index in [4.69, 9.17) is 4.74 Å². The van der Waals surface area contributed by atoms with Crippen LogP contribution in [0.5, 0.6) is 0 Å². The molecule has 1 saturated heterocycles. The van der Waals surface area contributed by atoms with Gasteiger partial charge in [0.25, 0.3) is 0 Å². The van der Waals surface area contributed by atoms with Crippen LogP contribution in [0.15, 0.2) is 18.2 Å². The van der Waals surface area contributed by atoms with E-state index in [-0.39, 0.29) is 11.5 Å². The smallest absolute Gasteiger partial charge is 0.159 e. The molecular weight excluding hydrogens is 224 g/mol. The van der Waals surface area contributed by atoms with Crippen LogP contribution in [0.3, 0.4) is 0 Å². The Bertz CT molecular complexity index is 404. The molecule has 0 amide bonds. The second-order valence-corrected chi connectivity index (χ2v) is 5.08. The first-order chi connectivity index (χ1) is 8.00. The highest BCUT2D eigenvalue weighted by Gasteiger charge is 2.33. The van der Waals surface area contributed by atoms with Gasteiger partial charge < -0.3 is 10.1 Å². The summed E-state index contributed by atoms with van der Waals surface area (Å²) in [6, 6.07) is 4.02. The lowest BCUT2D eigenvalue weighted by atomic mass is 9.88. The normalized spacial score (nSPS) is 19.8. The van der Waals surface area contributed by atoms with Crippen LogP contribution in [0, 0.1) is 17.0 Å². The van der Waals surface area contributed by atoms with Crippen molar-refractivity contribution < 1.29 is 13.5 Å². The summed E-state index contributed by atoms with van der Waals surface area (Å²) in [7, 11) is 0. The van der Waals surface area contributed by atoms with Crippen molar-refractivity contribution in [2.75, 3.05) is 19.8 Å². The number of hydrogen-bond acceptors (Lipinski definition) is 2. The van der Waals surface area contributed by atoms with Gasteiger partial charge in [-0.25, -0.2) is 8.78 Å². The Morgan fingerprint density at radius 3 is 2.59 bits per heavy atom. The van der Waals surface area contributed by atoms with Crippen LogP contribution in [0.1, 0.15) is 25.5 Å². The lowest BCUT2D eigenvalue weighted by Crippen LogP contribution is -2.47. The van der Waals surface area contributed by atoms with Gasteiger partial charge in [-0.15, -0.1) is 0 Å². The Hall–Kier alpha value is -1.00. The predicted molar refractivity (Wildman–Crippen MR) is 61.7 cm³/mol. The van der Waals surface area contributed by atoms with E-state index in [1.807, 2.05) is 6.92 Å². The van der Waals surface area contributed by atoms with Crippen molar-refractivity contribution in [2.45, 2.75) is 19.9 Å². The highest BCUT2D eigenvalue weighted by Crippen LogP contribution is 2.26. The molecule has 0 radical (unpaired) electrons. The zero-order valence-electron chi connectivity index (χ0n) is 10.1. The molecule has 1 atom stereocenters. The molecule has 1 aromatic carbocycles. The average Bonchev–Trinajstić information content (AvgIpc) is 2.27. The van der Waals surface area contributed by atoms with Gasteiger partial charge in [0.2, 0.25) is 0 Å². The van der Waals surface area contributed by atoms with Crippen LogP contribution in [-0.2, 0) is 4.74 Å². The number of nitrogens with one attached hydrogen (secondary N) is 1. The monoisotopic (exact) mass is 241 g/mol. The third-order valence-electron chi connectivity index (χ3n) is 3.18. The maximum absolute atomic E-state index is 13.1. The van der Waals surface area contributed by atoms with E-state index in [9.17, 15) is 8.78 Å². The van der Waals surface area contributed by atoms with E-state index >= 15 is 0 Å². The van der Waals surface area contributed by atoms with E-state index in [1.54, 1.807) is 6.07 Å². The van der Waals surface area contributed by atoms with Gasteiger partial charge in [-0.1, -0.05) is 13.0 Å². The summed E-state index contributed by atoms with van der Waals surface area (Å²) in [6.07, 6.45) is 0. The van der Waals surface area contributed by atoms with Crippen molar-refractivity contribution >= 4 is 0 Å². The molecule has 0 aliphatic carbocycles. The molecule has 2 nitrogen and oxygen atoms in total. The molecule has 1 unspecified atom stereocenters. The summed E-state index contributed by atoms with van der Waals surface area (Å²) >= 11 is 0. The fourth-order valence-corrected chi connectivity index (χ4v) is 1.85. The van der Waals surface area contributed by atoms with Crippen LogP contribution in [-0.4, -0.2) is 19.8 Å². The van der Waals surface area contributed by atoms with Crippen LogP contribution < -0.4 is 5.32 Å². The molecule has 1 N–H and O–H groups in total. The van der Waals surface area contributed by atoms with Gasteiger partial charge in [0, 0.05) is 18.0 Å². The van der Waals surface area contributed by atoms with Crippen molar-refractivity contribution in [3.63, 3.8) is 0 Å². The SMILES string of the molecule is CC(NCC1(C)COC1)c1ccc(F)c(F)c1. The molecule has 0 aromatic heterocycles. The largest absolute Gasteiger partial charge is 0.380 e. The third-order valence-corrected chi connectivity index (χ3v) is 3.18. The second kappa shape index (κ2) is 4.70. The Morgan fingerprint density at radius 2 is 2.06 bits per heavy atom. The predicted octanol–water partition coefficient (Wildman–Crippen LogP) is 2.65. The molecule has 1 aliphatic rings. The van der Waals surface area contributed by atoms with Gasteiger partial charge in [0.05, 0.1) is 13.2 Å². The van der Waals surface area contributed by atoms with E-state index in [0.29, 0.717) is 0 Å². The highest BCUT2D eigenvalue weighted by atomic mass is 19.2. The summed E-state index contributed by atoms with van der Waals surface area (Å²) in [4.78, 5) is 0. The molecule has 0 saturated carbocycles. The minimum absolute atomic E-state index is 0.00234. The fraction of sp³-hybridized carbons (Fsp3) is 0.538. The molecule has 2 rings (SSSR count). The minimum Gasteiger partial charge on any atom is -0.380 e. The van der Waals surface area contributed by atoms with Crippen LogP contribution in [0.4, 0.5) is 8.78 Å². The van der Waals surface area contributed by atoms with Gasteiger partial charge in [0.1, 0.15) is 0 Å². The number of ether oxygens (including phenoxy) is 1. The Morgan fingerprint density at radius 1 is 1.35 bits per heavy atom. The number of rotatable bonds is 4. The van der Waals surface area contributed by atoms with Crippen molar-refractivity contribution in [3.8, 4) is 0 Å². The maximum Gasteiger partial charge on any atom is 0.159 e. The minimum atomic E-state index is -0.805. The third kappa shape index (κ3) is 2.82. The molecule has 0 bridgehead atoms. The Labute approximate surface area is 100.0 Å². The summed E-state index contributed by atoms with van der Waals surface area (Å²) in [5, 5.41) is 3.32. The molecular formula is C13H17F2NO. The molecule has 17 heavy (non-hydrogen) atoms. The van der Waals surface area contributed by atoms with Gasteiger partial charge in [-0.05, 0) is 24.6 Å². The van der Waals surface area contributed by atoms with Crippen molar-refractivity contribution in [3.05, 3.63) is 35.4 Å². The maximum atomic E-state index is 13.1. The van der Waals surface area contributed by atoms with Crippen LogP contribution in [0.2, 0.25) is 0 Å². The first kappa shape index (κ1) is 12.5. The van der Waals surface area contributed by atoms with E-state index in [1.165, 1.54) is 6.07 Å². The summed E-state index contributed by atoms with van der Waals surface area (Å²) in [6.45, 7) is 6.40. The first-order valence-corrected chi connectivity index (χ1v) is 5.76. The quantitative estimate of drug-likeness (QED) is 0.875. The molecule has 94 valence electrons. The number of hydrogen-bond donors (Lipinski definition) is 1. The fourth-order valence-electron chi connectivity index (χ4n) is 1.85. The van der Waals surface area contributed by atoms with Gasteiger partial charge >= 0.3 is 0 Å². The van der Waals surface area contributed by atoms with Gasteiger partial charge in [-0.2, -0.15) is 0 Å². The van der Waals surface area contributed by atoms with Crippen LogP contribution in [0.25, 0.3) is 0 Å².